The smallest absolute Gasteiger partial charge is 0.269 e. The maximum atomic E-state index is 13.1. The van der Waals surface area contributed by atoms with Crippen LogP contribution < -0.4 is 19.9 Å². The zero-order chi connectivity index (χ0) is 20.7. The molecule has 1 N–H and O–H groups in total. The number of para-hydroxylation sites is 1. The number of ether oxygens (including phenoxy) is 2. The third-order valence-electron chi connectivity index (χ3n) is 6.00. The fraction of sp³-hybridized carbons (Fsp3) is 0.476. The Bertz CT molecular complexity index is 1020. The van der Waals surface area contributed by atoms with E-state index in [9.17, 15) is 14.7 Å². The van der Waals surface area contributed by atoms with Crippen molar-refractivity contribution in [2.45, 2.75) is 31.4 Å². The summed E-state index contributed by atoms with van der Waals surface area (Å²) >= 11 is 0. The highest BCUT2D eigenvalue weighted by atomic mass is 16.7. The fourth-order valence-corrected chi connectivity index (χ4v) is 4.44. The molecule has 1 amide bonds. The molecule has 1 aromatic carbocycles. The number of fused-ring (bicyclic) bond motifs is 1. The largest absolute Gasteiger partial charge is 0.454 e. The van der Waals surface area contributed by atoms with Crippen molar-refractivity contribution in [3.63, 3.8) is 0 Å². The molecule has 3 aliphatic heterocycles. The highest BCUT2D eigenvalue weighted by molar-refractivity contribution is 5.98. The average Bonchev–Trinajstić information content (AvgIpc) is 3.42. The van der Waals surface area contributed by atoms with Gasteiger partial charge < -0.3 is 24.4 Å². The number of amides is 1. The van der Waals surface area contributed by atoms with E-state index in [1.165, 1.54) is 4.68 Å². The van der Waals surface area contributed by atoms with E-state index in [1.54, 1.807) is 35.4 Å². The maximum absolute atomic E-state index is 13.1. The number of β-amino-alcohol motifs (C(OH)–C–C–N with tert-alkyl or cyclic N) is 1. The second kappa shape index (κ2) is 7.64. The minimum atomic E-state index is -0.362. The lowest BCUT2D eigenvalue weighted by Crippen LogP contribution is -2.43. The molecule has 4 heterocycles. The van der Waals surface area contributed by atoms with Crippen molar-refractivity contribution in [1.29, 1.82) is 0 Å². The molecule has 2 atom stereocenters. The number of rotatable bonds is 3. The Balaban J connectivity index is 1.34. The van der Waals surface area contributed by atoms with Crippen LogP contribution in [-0.4, -0.2) is 64.8 Å². The van der Waals surface area contributed by atoms with E-state index in [0.29, 0.717) is 49.7 Å². The second-order valence-electron chi connectivity index (χ2n) is 7.97. The van der Waals surface area contributed by atoms with Gasteiger partial charge in [-0.25, -0.2) is 4.68 Å². The number of aromatic nitrogens is 2. The van der Waals surface area contributed by atoms with Crippen LogP contribution in [0.15, 0.2) is 35.3 Å². The van der Waals surface area contributed by atoms with Gasteiger partial charge in [-0.1, -0.05) is 6.07 Å². The zero-order valence-corrected chi connectivity index (χ0v) is 16.6. The lowest BCUT2D eigenvalue weighted by atomic mass is 10.0. The third kappa shape index (κ3) is 3.39. The van der Waals surface area contributed by atoms with Gasteiger partial charge in [0.25, 0.3) is 11.5 Å². The Kier molecular flexibility index (Phi) is 4.82. The van der Waals surface area contributed by atoms with Crippen molar-refractivity contribution >= 4 is 11.6 Å². The normalized spacial score (nSPS) is 23.1. The number of benzene rings is 1. The summed E-state index contributed by atoms with van der Waals surface area (Å²) in [7, 11) is 0. The molecule has 0 bridgehead atoms. The van der Waals surface area contributed by atoms with Crippen molar-refractivity contribution in [2.75, 3.05) is 37.9 Å². The minimum Gasteiger partial charge on any atom is -0.454 e. The number of aliphatic hydroxyl groups is 1. The molecule has 0 aliphatic carbocycles. The number of nitrogens with zero attached hydrogens (tertiary/aromatic N) is 4. The van der Waals surface area contributed by atoms with E-state index >= 15 is 0 Å². The summed E-state index contributed by atoms with van der Waals surface area (Å²) in [5, 5.41) is 14.1. The van der Waals surface area contributed by atoms with Gasteiger partial charge in [-0.3, -0.25) is 9.59 Å². The molecule has 0 spiro atoms. The number of carbonyl (C=O) groups is 1. The SMILES string of the molecule is O=C(c1cccc2c1OCO2)N1CCC[C@H](n2ncc(N3CC[C@H](O)C3)cc2=O)C1. The first-order valence-electron chi connectivity index (χ1n) is 10.3. The van der Waals surface area contributed by atoms with E-state index in [4.69, 9.17) is 9.47 Å². The molecular weight excluding hydrogens is 388 g/mol. The summed E-state index contributed by atoms with van der Waals surface area (Å²) in [6.07, 6.45) is 3.58. The highest BCUT2D eigenvalue weighted by Gasteiger charge is 2.30. The Labute approximate surface area is 173 Å². The second-order valence-corrected chi connectivity index (χ2v) is 7.97. The van der Waals surface area contributed by atoms with E-state index in [2.05, 4.69) is 5.10 Å². The van der Waals surface area contributed by atoms with Crippen LogP contribution in [0.5, 0.6) is 11.5 Å². The lowest BCUT2D eigenvalue weighted by Gasteiger charge is -2.33. The summed E-state index contributed by atoms with van der Waals surface area (Å²) in [4.78, 5) is 29.6. The van der Waals surface area contributed by atoms with Gasteiger partial charge in [0.1, 0.15) is 0 Å². The molecule has 2 saturated heterocycles. The van der Waals surface area contributed by atoms with Gasteiger partial charge in [-0.05, 0) is 31.4 Å². The number of piperidine rings is 1. The molecule has 0 saturated carbocycles. The first kappa shape index (κ1) is 18.9. The molecule has 9 heteroatoms. The molecule has 1 aromatic heterocycles. The van der Waals surface area contributed by atoms with Gasteiger partial charge in [0.15, 0.2) is 11.5 Å². The molecule has 5 rings (SSSR count). The van der Waals surface area contributed by atoms with Crippen molar-refractivity contribution < 1.29 is 19.4 Å². The number of aliphatic hydroxyl groups excluding tert-OH is 1. The number of anilines is 1. The summed E-state index contributed by atoms with van der Waals surface area (Å²) in [5.74, 6) is 0.935. The van der Waals surface area contributed by atoms with Gasteiger partial charge in [-0.15, -0.1) is 0 Å². The van der Waals surface area contributed by atoms with Crippen LogP contribution in [0.3, 0.4) is 0 Å². The molecule has 0 unspecified atom stereocenters. The highest BCUT2D eigenvalue weighted by Crippen LogP contribution is 2.36. The average molecular weight is 412 g/mol. The van der Waals surface area contributed by atoms with Crippen molar-refractivity contribution in [1.82, 2.24) is 14.7 Å². The molecule has 0 radical (unpaired) electrons. The standard InChI is InChI=1S/C21H24N4O5/c26-16-6-8-23(12-16)15-9-19(27)25(22-10-15)14-3-2-7-24(11-14)21(28)17-4-1-5-18-20(17)30-13-29-18/h1,4-5,9-10,14,16,26H,2-3,6-8,11-13H2/t14-,16-/m0/s1. The van der Waals surface area contributed by atoms with Crippen LogP contribution in [-0.2, 0) is 0 Å². The van der Waals surface area contributed by atoms with Crippen molar-refractivity contribution in [2.24, 2.45) is 0 Å². The van der Waals surface area contributed by atoms with Crippen LogP contribution in [0.25, 0.3) is 0 Å². The fourth-order valence-electron chi connectivity index (χ4n) is 4.44. The molecular formula is C21H24N4O5. The first-order chi connectivity index (χ1) is 14.6. The Morgan fingerprint density at radius 2 is 2.07 bits per heavy atom. The number of carbonyl (C=O) groups excluding carboxylic acids is 1. The van der Waals surface area contributed by atoms with Gasteiger partial charge in [0.2, 0.25) is 6.79 Å². The van der Waals surface area contributed by atoms with Crippen molar-refractivity contribution in [3.8, 4) is 11.5 Å². The summed E-state index contributed by atoms with van der Waals surface area (Å²) in [6, 6.07) is 6.69. The topological polar surface area (TPSA) is 97.1 Å². The van der Waals surface area contributed by atoms with Gasteiger partial charge in [0.05, 0.1) is 29.6 Å². The van der Waals surface area contributed by atoms with Gasteiger partial charge in [-0.2, -0.15) is 5.10 Å². The predicted molar refractivity (Wildman–Crippen MR) is 108 cm³/mol. The lowest BCUT2D eigenvalue weighted by molar-refractivity contribution is 0.0665. The van der Waals surface area contributed by atoms with E-state index in [0.717, 1.165) is 18.5 Å². The molecule has 2 aromatic rings. The molecule has 2 fully saturated rings. The third-order valence-corrected chi connectivity index (χ3v) is 6.00. The Morgan fingerprint density at radius 1 is 1.17 bits per heavy atom. The Morgan fingerprint density at radius 3 is 2.87 bits per heavy atom. The maximum Gasteiger partial charge on any atom is 0.269 e. The van der Waals surface area contributed by atoms with Crippen LogP contribution in [0.4, 0.5) is 5.69 Å². The zero-order valence-electron chi connectivity index (χ0n) is 16.6. The summed E-state index contributed by atoms with van der Waals surface area (Å²) < 4.78 is 12.3. The van der Waals surface area contributed by atoms with Crippen molar-refractivity contribution in [3.05, 3.63) is 46.4 Å². The molecule has 158 valence electrons. The van der Waals surface area contributed by atoms with Crippen LogP contribution in [0.2, 0.25) is 0 Å². The minimum absolute atomic E-state index is 0.113. The number of hydrogen-bond donors (Lipinski definition) is 1. The monoisotopic (exact) mass is 412 g/mol. The van der Waals surface area contributed by atoms with E-state index < -0.39 is 0 Å². The predicted octanol–water partition coefficient (Wildman–Crippen LogP) is 1.02. The van der Waals surface area contributed by atoms with Gasteiger partial charge >= 0.3 is 0 Å². The van der Waals surface area contributed by atoms with Crippen LogP contribution in [0, 0.1) is 0 Å². The Hall–Kier alpha value is -3.07. The van der Waals surface area contributed by atoms with E-state index in [1.807, 2.05) is 4.90 Å². The van der Waals surface area contributed by atoms with Gasteiger partial charge in [0, 0.05) is 32.2 Å². The van der Waals surface area contributed by atoms with Crippen LogP contribution in [0.1, 0.15) is 35.7 Å². The number of likely N-dealkylation sites (tertiary alicyclic amines) is 1. The first-order valence-corrected chi connectivity index (χ1v) is 10.3. The number of hydrogen-bond acceptors (Lipinski definition) is 7. The van der Waals surface area contributed by atoms with Crippen LogP contribution >= 0.6 is 0 Å². The molecule has 30 heavy (non-hydrogen) atoms. The molecule has 3 aliphatic rings. The summed E-state index contributed by atoms with van der Waals surface area (Å²) in [5.41, 5.74) is 1.02. The van der Waals surface area contributed by atoms with E-state index in [-0.39, 0.29) is 30.4 Å². The summed E-state index contributed by atoms with van der Waals surface area (Å²) in [6.45, 7) is 2.38. The quantitative estimate of drug-likeness (QED) is 0.804. The molecule has 9 nitrogen and oxygen atoms in total.